The molecule has 3 rings (SSSR count). The van der Waals surface area contributed by atoms with Crippen LogP contribution in [0.25, 0.3) is 0 Å². The first-order valence-electron chi connectivity index (χ1n) is 6.21. The van der Waals surface area contributed by atoms with Crippen molar-refractivity contribution in [3.05, 3.63) is 0 Å². The van der Waals surface area contributed by atoms with Gasteiger partial charge in [0.05, 0.1) is 24.0 Å². The molecule has 0 amide bonds. The minimum Gasteiger partial charge on any atom is -0.479 e. The fourth-order valence-corrected chi connectivity index (χ4v) is 2.06. The second-order valence-corrected chi connectivity index (χ2v) is 5.18. The predicted octanol–water partition coefficient (Wildman–Crippen LogP) is 2.23. The molecule has 0 aromatic rings. The number of nitrogens with zero attached hydrogens (tertiary/aromatic N) is 3. The van der Waals surface area contributed by atoms with Gasteiger partial charge in [-0.2, -0.15) is 0 Å². The maximum Gasteiger partial charge on any atom is 0.180 e. The summed E-state index contributed by atoms with van der Waals surface area (Å²) in [6, 6.07) is 0. The molecule has 0 fully saturated rings. The number of rotatable bonds is 0. The van der Waals surface area contributed by atoms with Crippen LogP contribution in [0.5, 0.6) is 0 Å². The molecular weight excluding hydrogens is 260 g/mol. The number of ether oxygens (including phenoxy) is 1. The second-order valence-electron chi connectivity index (χ2n) is 3.89. The highest BCUT2D eigenvalue weighted by molar-refractivity contribution is 8.14. The third-order valence-corrected chi connectivity index (χ3v) is 3.25. The van der Waals surface area contributed by atoms with Crippen LogP contribution in [0.3, 0.4) is 0 Å². The van der Waals surface area contributed by atoms with Crippen LogP contribution < -0.4 is 5.32 Å². The Morgan fingerprint density at radius 3 is 2.00 bits per heavy atom. The highest BCUT2D eigenvalue weighted by atomic mass is 32.2. The average Bonchev–Trinajstić information content (AvgIpc) is 3.05. The van der Waals surface area contributed by atoms with Crippen LogP contribution in [0.1, 0.15) is 28.2 Å². The summed E-state index contributed by atoms with van der Waals surface area (Å²) in [6.07, 6.45) is 0. The molecule has 3 aliphatic heterocycles. The Bertz CT molecular complexity index is 287. The van der Waals surface area contributed by atoms with Gasteiger partial charge in [0, 0.05) is 25.8 Å². The lowest BCUT2D eigenvalue weighted by Crippen LogP contribution is -2.13. The minimum atomic E-state index is 0. The number of hydrogen-bond acceptors (Lipinski definition) is 6. The monoisotopic (exact) mass is 286 g/mol. The number of aliphatic imine (C=N–C) groups is 3. The lowest BCUT2D eigenvalue weighted by Gasteiger charge is -1.86. The average molecular weight is 286 g/mol. The van der Waals surface area contributed by atoms with Crippen LogP contribution >= 0.6 is 11.8 Å². The zero-order valence-electron chi connectivity index (χ0n) is 11.4. The van der Waals surface area contributed by atoms with Crippen molar-refractivity contribution < 1.29 is 4.74 Å². The van der Waals surface area contributed by atoms with Gasteiger partial charge < -0.3 is 10.1 Å². The highest BCUT2D eigenvalue weighted by Crippen LogP contribution is 2.09. The Hall–Kier alpha value is -1.04. The van der Waals surface area contributed by atoms with E-state index < -0.39 is 0 Å². The van der Waals surface area contributed by atoms with Gasteiger partial charge in [-0.05, 0) is 13.8 Å². The Morgan fingerprint density at radius 1 is 1.05 bits per heavy atom. The molecule has 19 heavy (non-hydrogen) atoms. The lowest BCUT2D eigenvalue weighted by molar-refractivity contribution is 0.345. The summed E-state index contributed by atoms with van der Waals surface area (Å²) in [5.74, 6) is 3.11. The first kappa shape index (κ1) is 18.0. The van der Waals surface area contributed by atoms with Crippen LogP contribution in [-0.2, 0) is 4.74 Å². The Morgan fingerprint density at radius 2 is 1.84 bits per heavy atom. The largest absolute Gasteiger partial charge is 0.479 e. The van der Waals surface area contributed by atoms with Gasteiger partial charge in [0.25, 0.3) is 0 Å². The van der Waals surface area contributed by atoms with Crippen LogP contribution in [0.15, 0.2) is 15.0 Å². The smallest absolute Gasteiger partial charge is 0.180 e. The van der Waals surface area contributed by atoms with Crippen molar-refractivity contribution in [1.29, 1.82) is 0 Å². The predicted molar refractivity (Wildman–Crippen MR) is 87.1 cm³/mol. The molecule has 1 N–H and O–H groups in total. The summed E-state index contributed by atoms with van der Waals surface area (Å²) >= 11 is 1.85. The second kappa shape index (κ2) is 10.8. The molecule has 0 aromatic heterocycles. The van der Waals surface area contributed by atoms with Crippen LogP contribution in [-0.4, -0.2) is 55.3 Å². The Kier molecular flexibility index (Phi) is 10.2. The maximum atomic E-state index is 4.90. The van der Waals surface area contributed by atoms with Crippen LogP contribution in [0, 0.1) is 0 Å². The van der Waals surface area contributed by atoms with E-state index in [1.165, 1.54) is 10.8 Å². The summed E-state index contributed by atoms with van der Waals surface area (Å²) in [7, 11) is 0. The van der Waals surface area contributed by atoms with Gasteiger partial charge in [-0.3, -0.25) is 15.0 Å². The van der Waals surface area contributed by atoms with E-state index in [0.717, 1.165) is 44.5 Å². The van der Waals surface area contributed by atoms with E-state index in [1.54, 1.807) is 0 Å². The van der Waals surface area contributed by atoms with E-state index in [4.69, 9.17) is 4.74 Å². The van der Waals surface area contributed by atoms with Gasteiger partial charge in [-0.1, -0.05) is 7.43 Å². The van der Waals surface area contributed by atoms with Gasteiger partial charge in [-0.15, -0.1) is 11.8 Å². The normalized spacial score (nSPS) is 19.2. The molecule has 0 bridgehead atoms. The Labute approximate surface area is 121 Å². The summed E-state index contributed by atoms with van der Waals surface area (Å²) in [4.78, 5) is 12.1. The standard InChI is InChI=1S/C4H8N2.C4H7NO.C4H7NS.CH4/c3*1-4-5-2-3-6-4;/h2-3H2,1H3,(H,5,6);2*2-3H2,1H3;1H4. The molecule has 5 nitrogen and oxygen atoms in total. The third-order valence-electron chi connectivity index (χ3n) is 2.32. The van der Waals surface area contributed by atoms with E-state index in [2.05, 4.69) is 27.2 Å². The van der Waals surface area contributed by atoms with Crippen molar-refractivity contribution in [1.82, 2.24) is 5.32 Å². The van der Waals surface area contributed by atoms with E-state index in [9.17, 15) is 0 Å². The van der Waals surface area contributed by atoms with Gasteiger partial charge >= 0.3 is 0 Å². The molecule has 0 spiro atoms. The molecule has 0 aliphatic carbocycles. The molecule has 6 heteroatoms. The summed E-state index contributed by atoms with van der Waals surface area (Å²) < 4.78 is 4.90. The Balaban J connectivity index is 0.000000249. The quantitative estimate of drug-likeness (QED) is 0.743. The van der Waals surface area contributed by atoms with Crippen molar-refractivity contribution in [2.24, 2.45) is 15.0 Å². The number of thioether (sulfide) groups is 1. The molecule has 3 aliphatic rings. The molecule has 110 valence electrons. The molecule has 3 heterocycles. The van der Waals surface area contributed by atoms with Gasteiger partial charge in [-0.25, -0.2) is 0 Å². The van der Waals surface area contributed by atoms with Gasteiger partial charge in [0.1, 0.15) is 6.61 Å². The van der Waals surface area contributed by atoms with Crippen LogP contribution in [0.4, 0.5) is 0 Å². The molecule has 0 radical (unpaired) electrons. The number of amidine groups is 1. The third kappa shape index (κ3) is 9.53. The minimum absolute atomic E-state index is 0. The summed E-state index contributed by atoms with van der Waals surface area (Å²) in [5, 5.41) is 4.31. The van der Waals surface area contributed by atoms with E-state index in [0.29, 0.717) is 0 Å². The molecule has 0 unspecified atom stereocenters. The van der Waals surface area contributed by atoms with Gasteiger partial charge in [0.2, 0.25) is 0 Å². The molecule has 0 aromatic carbocycles. The molecule has 0 atom stereocenters. The zero-order valence-corrected chi connectivity index (χ0v) is 12.2. The van der Waals surface area contributed by atoms with E-state index in [1.807, 2.05) is 25.6 Å². The summed E-state index contributed by atoms with van der Waals surface area (Å²) in [6.45, 7) is 10.6. The zero-order chi connectivity index (χ0) is 13.2. The maximum absolute atomic E-state index is 4.90. The number of hydrogen-bond donors (Lipinski definition) is 1. The summed E-state index contributed by atoms with van der Waals surface area (Å²) in [5.41, 5.74) is 0. The number of nitrogens with one attached hydrogen (secondary N) is 1. The molecule has 0 saturated heterocycles. The van der Waals surface area contributed by atoms with Crippen molar-refractivity contribution in [3.63, 3.8) is 0 Å². The highest BCUT2D eigenvalue weighted by Gasteiger charge is 1.97. The topological polar surface area (TPSA) is 58.3 Å². The van der Waals surface area contributed by atoms with E-state index >= 15 is 0 Å². The lowest BCUT2D eigenvalue weighted by atomic mass is 10.7. The van der Waals surface area contributed by atoms with Crippen molar-refractivity contribution >= 4 is 28.5 Å². The fraction of sp³-hybridized carbons (Fsp3) is 0.769. The SMILES string of the molecule is C.CC1=NCCN1.CC1=NCCO1.CC1=NCCS1. The first-order chi connectivity index (χ1) is 8.68. The fourth-order valence-electron chi connectivity index (χ4n) is 1.40. The van der Waals surface area contributed by atoms with Crippen molar-refractivity contribution in [3.8, 4) is 0 Å². The first-order valence-corrected chi connectivity index (χ1v) is 7.19. The molecular formula is C13H26N4OS. The van der Waals surface area contributed by atoms with Crippen molar-refractivity contribution in [2.45, 2.75) is 28.2 Å². The van der Waals surface area contributed by atoms with Crippen LogP contribution in [0.2, 0.25) is 0 Å². The molecule has 0 saturated carbocycles. The van der Waals surface area contributed by atoms with Crippen molar-refractivity contribution in [2.75, 3.05) is 38.5 Å². The van der Waals surface area contributed by atoms with E-state index in [-0.39, 0.29) is 7.43 Å². The van der Waals surface area contributed by atoms with Gasteiger partial charge in [0.15, 0.2) is 5.90 Å².